The lowest BCUT2D eigenvalue weighted by Gasteiger charge is -2.14. The summed E-state index contributed by atoms with van der Waals surface area (Å²) in [5.41, 5.74) is -1.30. The van der Waals surface area contributed by atoms with Crippen LogP contribution in [0.4, 0.5) is 18.9 Å². The van der Waals surface area contributed by atoms with Crippen LogP contribution in [0.25, 0.3) is 0 Å². The zero-order chi connectivity index (χ0) is 23.2. The Bertz CT molecular complexity index is 954. The molecule has 2 rings (SSSR count). The Morgan fingerprint density at radius 3 is 2.55 bits per heavy atom. The molecule has 31 heavy (non-hydrogen) atoms. The lowest BCUT2D eigenvalue weighted by Crippen LogP contribution is -2.26. The molecule has 0 bridgehead atoms. The quantitative estimate of drug-likeness (QED) is 0.331. The maximum atomic E-state index is 13.0. The second-order valence-corrected chi connectivity index (χ2v) is 6.98. The molecule has 1 aromatic heterocycles. The number of hydrogen-bond donors (Lipinski definition) is 1. The number of halogens is 4. The lowest BCUT2D eigenvalue weighted by atomic mass is 10.2. The highest BCUT2D eigenvalue weighted by Crippen LogP contribution is 2.33. The zero-order valence-electron chi connectivity index (χ0n) is 16.5. The van der Waals surface area contributed by atoms with Gasteiger partial charge in [0, 0.05) is 30.8 Å². The van der Waals surface area contributed by atoms with Crippen molar-refractivity contribution in [3.05, 3.63) is 56.6 Å². The van der Waals surface area contributed by atoms with Gasteiger partial charge in [-0.15, -0.1) is 0 Å². The van der Waals surface area contributed by atoms with E-state index in [0.717, 1.165) is 18.2 Å². The number of nitro groups is 1. The molecule has 168 valence electrons. The minimum Gasteiger partial charge on any atom is -0.477 e. The van der Waals surface area contributed by atoms with E-state index in [9.17, 15) is 28.1 Å². The summed E-state index contributed by atoms with van der Waals surface area (Å²) in [4.78, 5) is 26.2. The monoisotopic (exact) mass is 461 g/mol. The SMILES string of the molecule is CC(C)Oc1cc(C(F)(F)F)cc(OCCCNC(=O)c2cc([N+](=O)[O-])ccc2Cl)n1. The van der Waals surface area contributed by atoms with Crippen molar-refractivity contribution in [1.29, 1.82) is 0 Å². The van der Waals surface area contributed by atoms with Gasteiger partial charge in [-0.2, -0.15) is 18.2 Å². The minimum atomic E-state index is -4.60. The number of carbonyl (C=O) groups is 1. The lowest BCUT2D eigenvalue weighted by molar-refractivity contribution is -0.384. The molecule has 12 heteroatoms. The van der Waals surface area contributed by atoms with E-state index >= 15 is 0 Å². The molecule has 1 heterocycles. The van der Waals surface area contributed by atoms with E-state index in [0.29, 0.717) is 0 Å². The maximum Gasteiger partial charge on any atom is 0.416 e. The molecule has 8 nitrogen and oxygen atoms in total. The number of aromatic nitrogens is 1. The molecule has 0 aliphatic carbocycles. The number of ether oxygens (including phenoxy) is 2. The summed E-state index contributed by atoms with van der Waals surface area (Å²) >= 11 is 5.90. The van der Waals surface area contributed by atoms with Gasteiger partial charge < -0.3 is 14.8 Å². The second kappa shape index (κ2) is 10.3. The van der Waals surface area contributed by atoms with Gasteiger partial charge in [0.2, 0.25) is 11.8 Å². The second-order valence-electron chi connectivity index (χ2n) is 6.58. The van der Waals surface area contributed by atoms with Gasteiger partial charge in [0.15, 0.2) is 0 Å². The molecule has 0 spiro atoms. The van der Waals surface area contributed by atoms with E-state index < -0.39 is 22.6 Å². The largest absolute Gasteiger partial charge is 0.477 e. The van der Waals surface area contributed by atoms with E-state index in [1.54, 1.807) is 13.8 Å². The molecule has 0 fully saturated rings. The third-order valence-corrected chi connectivity index (χ3v) is 4.05. The first-order chi connectivity index (χ1) is 14.5. The van der Waals surface area contributed by atoms with Crippen molar-refractivity contribution < 1.29 is 32.4 Å². The molecule has 0 aliphatic rings. The first-order valence-electron chi connectivity index (χ1n) is 9.08. The Labute approximate surface area is 180 Å². The third kappa shape index (κ3) is 7.28. The Balaban J connectivity index is 1.93. The van der Waals surface area contributed by atoms with Crippen LogP contribution in [0.2, 0.25) is 5.02 Å². The number of hydrogen-bond acceptors (Lipinski definition) is 6. The van der Waals surface area contributed by atoms with Gasteiger partial charge in [0.05, 0.1) is 33.8 Å². The number of amides is 1. The highest BCUT2D eigenvalue weighted by molar-refractivity contribution is 6.33. The van der Waals surface area contributed by atoms with Crippen LogP contribution in [-0.2, 0) is 6.18 Å². The van der Waals surface area contributed by atoms with Crippen molar-refractivity contribution in [2.75, 3.05) is 13.2 Å². The summed E-state index contributed by atoms with van der Waals surface area (Å²) in [6.07, 6.45) is -4.74. The minimum absolute atomic E-state index is 0.0433. The van der Waals surface area contributed by atoms with Gasteiger partial charge in [0.25, 0.3) is 11.6 Å². The van der Waals surface area contributed by atoms with Gasteiger partial charge >= 0.3 is 6.18 Å². The first kappa shape index (κ1) is 24.2. The van der Waals surface area contributed by atoms with Crippen molar-refractivity contribution in [2.24, 2.45) is 0 Å². The number of nitrogens with zero attached hydrogens (tertiary/aromatic N) is 2. The van der Waals surface area contributed by atoms with Crippen LogP contribution >= 0.6 is 11.6 Å². The Hall–Kier alpha value is -3.08. The molecule has 0 atom stereocenters. The van der Waals surface area contributed by atoms with Gasteiger partial charge in [-0.05, 0) is 26.3 Å². The standard InChI is InChI=1S/C19H19ClF3N3O5/c1-11(2)31-17-9-12(19(21,22)23)8-16(25-17)30-7-3-6-24-18(27)14-10-13(26(28)29)4-5-15(14)20/h4-5,8-11H,3,6-7H2,1-2H3,(H,24,27). The number of pyridine rings is 1. The van der Waals surface area contributed by atoms with Gasteiger partial charge in [-0.3, -0.25) is 14.9 Å². The summed E-state index contributed by atoms with van der Waals surface area (Å²) in [6, 6.07) is 5.02. The van der Waals surface area contributed by atoms with Crippen LogP contribution in [0.1, 0.15) is 36.2 Å². The van der Waals surface area contributed by atoms with Crippen molar-refractivity contribution in [3.8, 4) is 11.8 Å². The summed E-state index contributed by atoms with van der Waals surface area (Å²) in [6.45, 7) is 3.35. The highest BCUT2D eigenvalue weighted by atomic mass is 35.5. The van der Waals surface area contributed by atoms with Crippen molar-refractivity contribution in [2.45, 2.75) is 32.5 Å². The number of carbonyl (C=O) groups excluding carboxylic acids is 1. The summed E-state index contributed by atoms with van der Waals surface area (Å²) < 4.78 is 49.6. The van der Waals surface area contributed by atoms with Crippen molar-refractivity contribution in [1.82, 2.24) is 10.3 Å². The molecule has 1 N–H and O–H groups in total. The van der Waals surface area contributed by atoms with E-state index in [1.807, 2.05) is 0 Å². The number of nitrogens with one attached hydrogen (secondary N) is 1. The predicted octanol–water partition coefficient (Wildman–Crippen LogP) is 4.65. The molecule has 0 saturated heterocycles. The first-order valence-corrected chi connectivity index (χ1v) is 9.46. The van der Waals surface area contributed by atoms with Gasteiger partial charge in [0.1, 0.15) is 0 Å². The maximum absolute atomic E-state index is 13.0. The molecule has 0 unspecified atom stereocenters. The zero-order valence-corrected chi connectivity index (χ0v) is 17.3. The Morgan fingerprint density at radius 1 is 1.26 bits per heavy atom. The fraction of sp³-hybridized carbons (Fsp3) is 0.368. The molecular weight excluding hydrogens is 443 g/mol. The highest BCUT2D eigenvalue weighted by Gasteiger charge is 2.32. The molecular formula is C19H19ClF3N3O5. The third-order valence-electron chi connectivity index (χ3n) is 3.72. The van der Waals surface area contributed by atoms with Crippen LogP contribution in [-0.4, -0.2) is 35.1 Å². The number of nitro benzene ring substituents is 1. The molecule has 0 radical (unpaired) electrons. The number of non-ortho nitro benzene ring substituents is 1. The molecule has 1 aromatic carbocycles. The summed E-state index contributed by atoms with van der Waals surface area (Å²) in [7, 11) is 0. The molecule has 0 aliphatic heterocycles. The average molecular weight is 462 g/mol. The van der Waals surface area contributed by atoms with Gasteiger partial charge in [-0.1, -0.05) is 11.6 Å². The van der Waals surface area contributed by atoms with Gasteiger partial charge in [-0.25, -0.2) is 0 Å². The van der Waals surface area contributed by atoms with E-state index in [1.165, 1.54) is 12.1 Å². The van der Waals surface area contributed by atoms with Crippen LogP contribution in [0.3, 0.4) is 0 Å². The van der Waals surface area contributed by atoms with E-state index in [-0.39, 0.29) is 53.7 Å². The van der Waals surface area contributed by atoms with E-state index in [2.05, 4.69) is 10.3 Å². The fourth-order valence-electron chi connectivity index (χ4n) is 2.37. The predicted molar refractivity (Wildman–Crippen MR) is 106 cm³/mol. The van der Waals surface area contributed by atoms with Crippen molar-refractivity contribution >= 4 is 23.2 Å². The average Bonchev–Trinajstić information content (AvgIpc) is 2.66. The number of benzene rings is 1. The van der Waals surface area contributed by atoms with Crippen molar-refractivity contribution in [3.63, 3.8) is 0 Å². The topological polar surface area (TPSA) is 104 Å². The van der Waals surface area contributed by atoms with Crippen LogP contribution in [0, 0.1) is 10.1 Å². The number of alkyl halides is 3. The fourth-order valence-corrected chi connectivity index (χ4v) is 2.57. The van der Waals surface area contributed by atoms with Crippen LogP contribution < -0.4 is 14.8 Å². The Kier molecular flexibility index (Phi) is 8.03. The smallest absolute Gasteiger partial charge is 0.416 e. The normalized spacial score (nSPS) is 11.3. The summed E-state index contributed by atoms with van der Waals surface area (Å²) in [5, 5.41) is 13.4. The molecule has 0 saturated carbocycles. The Morgan fingerprint density at radius 2 is 1.94 bits per heavy atom. The van der Waals surface area contributed by atoms with E-state index in [4.69, 9.17) is 21.1 Å². The van der Waals surface area contributed by atoms with Crippen LogP contribution in [0.5, 0.6) is 11.8 Å². The number of rotatable bonds is 9. The summed E-state index contributed by atoms with van der Waals surface area (Å²) in [5.74, 6) is -1.11. The molecule has 1 amide bonds. The molecule has 2 aromatic rings. The van der Waals surface area contributed by atoms with Crippen LogP contribution in [0.15, 0.2) is 30.3 Å².